The van der Waals surface area contributed by atoms with Crippen LogP contribution in [0.15, 0.2) is 83.9 Å². The molecule has 0 saturated carbocycles. The molecule has 1 heterocycles. The molecule has 0 aliphatic carbocycles. The highest BCUT2D eigenvalue weighted by atomic mass is 16.5. The number of nitrogens with one attached hydrogen (secondary N) is 2. The zero-order valence-electron chi connectivity index (χ0n) is 18.1. The van der Waals surface area contributed by atoms with Gasteiger partial charge in [-0.05, 0) is 74.5 Å². The average Bonchev–Trinajstić information content (AvgIpc) is 2.83. The Morgan fingerprint density at radius 2 is 1.42 bits per heavy atom. The number of rotatable bonds is 5. The number of hydrogen-bond acceptors (Lipinski definition) is 5. The van der Waals surface area contributed by atoms with Gasteiger partial charge in [-0.3, -0.25) is 29.8 Å². The van der Waals surface area contributed by atoms with E-state index < -0.39 is 11.8 Å². The molecule has 8 heteroatoms. The third-order valence-electron chi connectivity index (χ3n) is 4.85. The number of benzene rings is 3. The smallest absolute Gasteiger partial charge is 0.269 e. The van der Waals surface area contributed by atoms with Crippen LogP contribution in [0, 0.1) is 0 Å². The Morgan fingerprint density at radius 3 is 2.03 bits per heavy atom. The Hall–Kier alpha value is -4.46. The third-order valence-corrected chi connectivity index (χ3v) is 4.85. The molecule has 33 heavy (non-hydrogen) atoms. The van der Waals surface area contributed by atoms with E-state index in [4.69, 9.17) is 4.74 Å². The maximum absolute atomic E-state index is 12.7. The fraction of sp³-hybridized carbons (Fsp3) is 0.120. The molecule has 166 valence electrons. The van der Waals surface area contributed by atoms with Crippen molar-refractivity contribution < 1.29 is 14.3 Å². The van der Waals surface area contributed by atoms with Crippen LogP contribution in [0.2, 0.25) is 0 Å². The summed E-state index contributed by atoms with van der Waals surface area (Å²) < 4.78 is 6.96. The Morgan fingerprint density at radius 1 is 0.848 bits per heavy atom. The summed E-state index contributed by atoms with van der Waals surface area (Å²) in [4.78, 5) is 41.7. The number of carbonyl (C=O) groups excluding carboxylic acids is 2. The number of aromatic nitrogens is 2. The normalized spacial score (nSPS) is 10.8. The van der Waals surface area contributed by atoms with Crippen LogP contribution in [-0.2, 0) is 0 Å². The second-order valence-corrected chi connectivity index (χ2v) is 7.58. The highest BCUT2D eigenvalue weighted by molar-refractivity contribution is 5.99. The lowest BCUT2D eigenvalue weighted by Gasteiger charge is -2.11. The van der Waals surface area contributed by atoms with E-state index in [0.717, 1.165) is 0 Å². The molecule has 3 aromatic carbocycles. The Balaban J connectivity index is 1.41. The summed E-state index contributed by atoms with van der Waals surface area (Å²) in [5.74, 6) is -0.283. The Labute approximate surface area is 189 Å². The molecule has 0 aliphatic heterocycles. The lowest BCUT2D eigenvalue weighted by atomic mass is 10.2. The van der Waals surface area contributed by atoms with Gasteiger partial charge in [-0.15, -0.1) is 0 Å². The predicted octanol–water partition coefficient (Wildman–Crippen LogP) is 3.25. The van der Waals surface area contributed by atoms with Gasteiger partial charge in [0.1, 0.15) is 12.1 Å². The van der Waals surface area contributed by atoms with Gasteiger partial charge in [0.25, 0.3) is 17.4 Å². The molecule has 0 spiro atoms. The van der Waals surface area contributed by atoms with Gasteiger partial charge >= 0.3 is 0 Å². The van der Waals surface area contributed by atoms with Crippen LogP contribution in [0.4, 0.5) is 0 Å². The maximum Gasteiger partial charge on any atom is 0.269 e. The molecule has 0 unspecified atom stereocenters. The Kier molecular flexibility index (Phi) is 6.17. The molecule has 0 aliphatic rings. The highest BCUT2D eigenvalue weighted by Gasteiger charge is 2.11. The minimum absolute atomic E-state index is 0.0338. The molecular weight excluding hydrogens is 420 g/mol. The summed E-state index contributed by atoms with van der Waals surface area (Å²) in [5.41, 5.74) is 6.47. The van der Waals surface area contributed by atoms with Crippen LogP contribution < -0.4 is 21.1 Å². The van der Waals surface area contributed by atoms with Gasteiger partial charge in [0, 0.05) is 11.1 Å². The van der Waals surface area contributed by atoms with Gasteiger partial charge in [-0.2, -0.15) is 0 Å². The van der Waals surface area contributed by atoms with Gasteiger partial charge in [0.05, 0.1) is 22.7 Å². The highest BCUT2D eigenvalue weighted by Crippen LogP contribution is 2.14. The molecule has 0 saturated heterocycles. The number of hydrogen-bond donors (Lipinski definition) is 2. The summed E-state index contributed by atoms with van der Waals surface area (Å²) in [6, 6.07) is 20.1. The second kappa shape index (κ2) is 9.35. The molecule has 0 radical (unpaired) electrons. The fourth-order valence-electron chi connectivity index (χ4n) is 3.24. The molecule has 0 atom stereocenters. The number of nitrogens with zero attached hydrogens (tertiary/aromatic N) is 2. The van der Waals surface area contributed by atoms with Crippen molar-refractivity contribution in [1.29, 1.82) is 0 Å². The van der Waals surface area contributed by atoms with Crippen molar-refractivity contribution in [3.05, 3.63) is 101 Å². The van der Waals surface area contributed by atoms with E-state index in [2.05, 4.69) is 15.8 Å². The SMILES string of the molecule is CC(C)Oc1ccc(C(=O)NNC(=O)c2ccc(-n3cnc4ccccc4c3=O)cc2)cc1. The first-order valence-corrected chi connectivity index (χ1v) is 10.4. The first kappa shape index (κ1) is 21.8. The van der Waals surface area contributed by atoms with E-state index in [-0.39, 0.29) is 11.7 Å². The van der Waals surface area contributed by atoms with Crippen molar-refractivity contribution in [2.24, 2.45) is 0 Å². The number of fused-ring (bicyclic) bond motifs is 1. The zero-order valence-corrected chi connectivity index (χ0v) is 18.1. The summed E-state index contributed by atoms with van der Waals surface area (Å²) in [7, 11) is 0. The van der Waals surface area contributed by atoms with Crippen LogP contribution in [0.3, 0.4) is 0 Å². The van der Waals surface area contributed by atoms with Crippen LogP contribution in [-0.4, -0.2) is 27.5 Å². The van der Waals surface area contributed by atoms with Gasteiger partial charge in [-0.1, -0.05) is 12.1 Å². The van der Waals surface area contributed by atoms with E-state index in [0.29, 0.717) is 33.5 Å². The minimum atomic E-state index is -0.487. The van der Waals surface area contributed by atoms with Gasteiger partial charge in [0.15, 0.2) is 0 Å². The first-order chi connectivity index (χ1) is 15.9. The van der Waals surface area contributed by atoms with E-state index >= 15 is 0 Å². The van der Waals surface area contributed by atoms with E-state index in [1.807, 2.05) is 19.9 Å². The van der Waals surface area contributed by atoms with Crippen LogP contribution in [0.25, 0.3) is 16.6 Å². The lowest BCUT2D eigenvalue weighted by Crippen LogP contribution is -2.41. The van der Waals surface area contributed by atoms with Crippen molar-refractivity contribution in [3.8, 4) is 11.4 Å². The molecule has 4 rings (SSSR count). The van der Waals surface area contributed by atoms with Gasteiger partial charge in [-0.25, -0.2) is 4.98 Å². The molecule has 1 aromatic heterocycles. The first-order valence-electron chi connectivity index (χ1n) is 10.4. The third kappa shape index (κ3) is 4.90. The molecule has 4 aromatic rings. The van der Waals surface area contributed by atoms with Gasteiger partial charge in [0.2, 0.25) is 0 Å². The molecule has 2 N–H and O–H groups in total. The summed E-state index contributed by atoms with van der Waals surface area (Å²) in [6.07, 6.45) is 1.49. The zero-order chi connectivity index (χ0) is 23.4. The monoisotopic (exact) mass is 442 g/mol. The summed E-state index contributed by atoms with van der Waals surface area (Å²) in [6.45, 7) is 3.83. The summed E-state index contributed by atoms with van der Waals surface area (Å²) >= 11 is 0. The van der Waals surface area contributed by atoms with Crippen molar-refractivity contribution in [3.63, 3.8) is 0 Å². The number of ether oxygens (including phenoxy) is 1. The van der Waals surface area contributed by atoms with Crippen molar-refractivity contribution in [2.75, 3.05) is 0 Å². The fourth-order valence-corrected chi connectivity index (χ4v) is 3.24. The van der Waals surface area contributed by atoms with Crippen molar-refractivity contribution >= 4 is 22.7 Å². The Bertz CT molecular complexity index is 1360. The molecule has 2 amide bonds. The average molecular weight is 442 g/mol. The van der Waals surface area contributed by atoms with Crippen LogP contribution in [0.1, 0.15) is 34.6 Å². The molecule has 8 nitrogen and oxygen atoms in total. The largest absolute Gasteiger partial charge is 0.491 e. The van der Waals surface area contributed by atoms with Crippen LogP contribution in [0.5, 0.6) is 5.75 Å². The summed E-state index contributed by atoms with van der Waals surface area (Å²) in [5, 5.41) is 0.508. The number of hydrazine groups is 1. The van der Waals surface area contributed by atoms with E-state index in [1.54, 1.807) is 66.7 Å². The molecule has 0 fully saturated rings. The second-order valence-electron chi connectivity index (χ2n) is 7.58. The minimum Gasteiger partial charge on any atom is -0.491 e. The molecular formula is C25H22N4O4. The van der Waals surface area contributed by atoms with Crippen molar-refractivity contribution in [2.45, 2.75) is 20.0 Å². The van der Waals surface area contributed by atoms with Crippen molar-refractivity contribution in [1.82, 2.24) is 20.4 Å². The van der Waals surface area contributed by atoms with E-state index in [9.17, 15) is 14.4 Å². The topological polar surface area (TPSA) is 102 Å². The lowest BCUT2D eigenvalue weighted by molar-refractivity contribution is 0.0846. The van der Waals surface area contributed by atoms with Gasteiger partial charge < -0.3 is 4.74 Å². The van der Waals surface area contributed by atoms with E-state index in [1.165, 1.54) is 10.9 Å². The number of para-hydroxylation sites is 1. The standard InChI is InChI=1S/C25H22N4O4/c1-16(2)33-20-13-9-18(10-14-20)24(31)28-27-23(30)17-7-11-19(12-8-17)29-15-26-22-6-4-3-5-21(22)25(29)32/h3-16H,1-2H3,(H,27,30)(H,28,31). The quantitative estimate of drug-likeness (QED) is 0.462. The number of amides is 2. The number of carbonyl (C=O) groups is 2. The maximum atomic E-state index is 12.7. The predicted molar refractivity (Wildman–Crippen MR) is 124 cm³/mol. The molecule has 0 bridgehead atoms. The van der Waals surface area contributed by atoms with Crippen LogP contribution >= 0.6 is 0 Å².